The Morgan fingerprint density at radius 2 is 1.88 bits per heavy atom. The van der Waals surface area contributed by atoms with Gasteiger partial charge in [0.1, 0.15) is 17.5 Å². The van der Waals surface area contributed by atoms with Gasteiger partial charge in [-0.2, -0.15) is 18.2 Å². The monoisotopic (exact) mass is 628 g/mol. The Morgan fingerprint density at radius 3 is 2.53 bits per heavy atom. The van der Waals surface area contributed by atoms with Crippen LogP contribution < -0.4 is 10.6 Å². The second kappa shape index (κ2) is 11.9. The third kappa shape index (κ3) is 5.77. The summed E-state index contributed by atoms with van der Waals surface area (Å²) in [6.07, 6.45) is -6.09. The van der Waals surface area contributed by atoms with Crippen molar-refractivity contribution in [2.24, 2.45) is 0 Å². The number of carbonyl (C=O) groups is 1. The van der Waals surface area contributed by atoms with Crippen LogP contribution in [-0.2, 0) is 15.7 Å². The lowest BCUT2D eigenvalue weighted by atomic mass is 9.95. The molecular formula is C28H29F5N4O5S. The number of piperazine rings is 1. The predicted octanol–water partition coefficient (Wildman–Crippen LogP) is 5.25. The first kappa shape index (κ1) is 31.0. The van der Waals surface area contributed by atoms with Crippen molar-refractivity contribution >= 4 is 34.6 Å². The van der Waals surface area contributed by atoms with Crippen molar-refractivity contribution in [3.63, 3.8) is 0 Å². The van der Waals surface area contributed by atoms with E-state index in [-0.39, 0.29) is 53.7 Å². The molecule has 2 aromatic carbocycles. The SMILES string of the molecule is COCCOC[C@H]1CSc2c(-c3ccc(F)cc3F)c(C(F)(F)F)cc3c(N4CC(C)N(C(=O)O)CC4C)nc(=O)n1c23. The molecule has 1 fully saturated rings. The smallest absolute Gasteiger partial charge is 0.417 e. The fourth-order valence-electron chi connectivity index (χ4n) is 5.67. The van der Waals surface area contributed by atoms with E-state index >= 15 is 4.39 Å². The molecule has 2 unspecified atom stereocenters. The van der Waals surface area contributed by atoms with Gasteiger partial charge >= 0.3 is 18.0 Å². The number of aromatic nitrogens is 2. The molecule has 43 heavy (non-hydrogen) atoms. The van der Waals surface area contributed by atoms with Gasteiger partial charge in [-0.1, -0.05) is 0 Å². The van der Waals surface area contributed by atoms with Gasteiger partial charge < -0.3 is 24.4 Å². The van der Waals surface area contributed by atoms with Crippen LogP contribution in [0.2, 0.25) is 0 Å². The molecule has 1 aromatic heterocycles. The molecule has 0 spiro atoms. The van der Waals surface area contributed by atoms with E-state index in [0.717, 1.165) is 30.0 Å². The van der Waals surface area contributed by atoms with Crippen LogP contribution in [0.3, 0.4) is 0 Å². The molecule has 1 saturated heterocycles. The number of carboxylic acid groups (broad SMARTS) is 1. The van der Waals surface area contributed by atoms with Gasteiger partial charge in [0.15, 0.2) is 0 Å². The second-order valence-electron chi connectivity index (χ2n) is 10.6. The molecule has 3 atom stereocenters. The molecule has 15 heteroatoms. The average molecular weight is 629 g/mol. The Balaban J connectivity index is 1.80. The Kier molecular flexibility index (Phi) is 8.60. The molecule has 5 rings (SSSR count). The summed E-state index contributed by atoms with van der Waals surface area (Å²) < 4.78 is 85.1. The zero-order valence-electron chi connectivity index (χ0n) is 23.5. The molecule has 9 nitrogen and oxygen atoms in total. The highest BCUT2D eigenvalue weighted by atomic mass is 32.2. The maximum atomic E-state index is 15.1. The van der Waals surface area contributed by atoms with Gasteiger partial charge in [0.25, 0.3) is 0 Å². The first-order valence-electron chi connectivity index (χ1n) is 13.4. The highest BCUT2D eigenvalue weighted by Gasteiger charge is 2.41. The minimum Gasteiger partial charge on any atom is -0.465 e. The lowest BCUT2D eigenvalue weighted by molar-refractivity contribution is -0.137. The minimum atomic E-state index is -4.96. The summed E-state index contributed by atoms with van der Waals surface area (Å²) in [6, 6.07) is 1.50. The molecule has 232 valence electrons. The lowest BCUT2D eigenvalue weighted by Gasteiger charge is -2.44. The van der Waals surface area contributed by atoms with Crippen LogP contribution in [0.4, 0.5) is 32.6 Å². The van der Waals surface area contributed by atoms with Crippen LogP contribution in [0.1, 0.15) is 25.5 Å². The molecule has 0 saturated carbocycles. The van der Waals surface area contributed by atoms with Crippen molar-refractivity contribution in [3.05, 3.63) is 51.9 Å². The van der Waals surface area contributed by atoms with Crippen LogP contribution in [-0.4, -0.2) is 83.5 Å². The molecule has 0 bridgehead atoms. The van der Waals surface area contributed by atoms with Crippen LogP contribution in [0.15, 0.2) is 34.0 Å². The van der Waals surface area contributed by atoms with Crippen LogP contribution >= 0.6 is 11.8 Å². The first-order valence-corrected chi connectivity index (χ1v) is 14.4. The van der Waals surface area contributed by atoms with E-state index < -0.39 is 64.4 Å². The topological polar surface area (TPSA) is 97.1 Å². The van der Waals surface area contributed by atoms with Gasteiger partial charge in [-0.3, -0.25) is 4.57 Å². The fraction of sp³-hybridized carbons (Fsp3) is 0.464. The van der Waals surface area contributed by atoms with E-state index in [1.807, 2.05) is 0 Å². The van der Waals surface area contributed by atoms with E-state index in [1.54, 1.807) is 18.7 Å². The van der Waals surface area contributed by atoms with Gasteiger partial charge in [-0.05, 0) is 32.0 Å². The van der Waals surface area contributed by atoms with E-state index in [4.69, 9.17) is 9.47 Å². The Morgan fingerprint density at radius 1 is 1.14 bits per heavy atom. The number of rotatable bonds is 7. The number of alkyl halides is 3. The van der Waals surface area contributed by atoms with E-state index in [9.17, 15) is 32.3 Å². The van der Waals surface area contributed by atoms with E-state index in [1.165, 1.54) is 16.6 Å². The highest BCUT2D eigenvalue weighted by Crippen LogP contribution is 2.50. The van der Waals surface area contributed by atoms with E-state index in [0.29, 0.717) is 12.7 Å². The molecule has 1 N–H and O–H groups in total. The number of hydrogen-bond donors (Lipinski definition) is 1. The summed E-state index contributed by atoms with van der Waals surface area (Å²) in [6.45, 7) is 4.01. The number of benzene rings is 2. The number of halogens is 5. The van der Waals surface area contributed by atoms with Crippen LogP contribution in [0.25, 0.3) is 22.0 Å². The normalized spacial score (nSPS) is 20.6. The maximum Gasteiger partial charge on any atom is 0.417 e. The van der Waals surface area contributed by atoms with Crippen LogP contribution in [0, 0.1) is 11.6 Å². The Hall–Kier alpha value is -3.43. The van der Waals surface area contributed by atoms with Crippen molar-refractivity contribution in [2.75, 3.05) is 50.7 Å². The third-order valence-electron chi connectivity index (χ3n) is 7.68. The number of hydrogen-bond acceptors (Lipinski definition) is 7. The number of anilines is 1. The summed E-state index contributed by atoms with van der Waals surface area (Å²) in [5.74, 6) is -2.03. The quantitative estimate of drug-likeness (QED) is 0.280. The molecular weight excluding hydrogens is 599 g/mol. The molecule has 3 heterocycles. The van der Waals surface area contributed by atoms with Crippen molar-refractivity contribution in [3.8, 4) is 11.1 Å². The van der Waals surface area contributed by atoms with E-state index in [2.05, 4.69) is 4.98 Å². The largest absolute Gasteiger partial charge is 0.465 e. The second-order valence-corrected chi connectivity index (χ2v) is 11.6. The van der Waals surface area contributed by atoms with Gasteiger partial charge in [0.05, 0.1) is 36.9 Å². The van der Waals surface area contributed by atoms with Crippen molar-refractivity contribution in [1.82, 2.24) is 14.5 Å². The zero-order valence-corrected chi connectivity index (χ0v) is 24.3. The number of ether oxygens (including phenoxy) is 2. The predicted molar refractivity (Wildman–Crippen MR) is 150 cm³/mol. The molecule has 0 radical (unpaired) electrons. The third-order valence-corrected chi connectivity index (χ3v) is 8.92. The summed E-state index contributed by atoms with van der Waals surface area (Å²) in [5.41, 5.74) is -2.74. The lowest BCUT2D eigenvalue weighted by Crippen LogP contribution is -2.58. The maximum absolute atomic E-state index is 15.1. The molecule has 3 aromatic rings. The standard InChI is InChI=1S/C28H29F5N4O5S/c1-14-11-36(27(39)40)15(2)10-35(14)25-19-9-20(28(31,32)33)22(18-5-4-16(29)8-21(18)30)24-23(19)37(26(38)34-25)17(13-43-24)12-42-7-6-41-3/h4-5,8-9,14-15,17H,6-7,10-13H2,1-3H3,(H,39,40)/t14?,15?,17-/m0/s1. The molecule has 1 amide bonds. The minimum absolute atomic E-state index is 0.00473. The molecule has 2 aliphatic heterocycles. The van der Waals surface area contributed by atoms with Gasteiger partial charge in [-0.15, -0.1) is 11.8 Å². The van der Waals surface area contributed by atoms with Gasteiger partial charge in [0, 0.05) is 65.5 Å². The van der Waals surface area contributed by atoms with Gasteiger partial charge in [0.2, 0.25) is 0 Å². The van der Waals surface area contributed by atoms with Crippen LogP contribution in [0.5, 0.6) is 0 Å². The van der Waals surface area contributed by atoms with Crippen molar-refractivity contribution in [2.45, 2.75) is 43.0 Å². The first-order chi connectivity index (χ1) is 20.3. The molecule has 0 aliphatic carbocycles. The summed E-state index contributed by atoms with van der Waals surface area (Å²) in [5, 5.41) is 9.59. The highest BCUT2D eigenvalue weighted by molar-refractivity contribution is 7.99. The summed E-state index contributed by atoms with van der Waals surface area (Å²) in [7, 11) is 1.50. The Bertz CT molecular complexity index is 1620. The van der Waals surface area contributed by atoms with Crippen molar-refractivity contribution < 1.29 is 41.3 Å². The van der Waals surface area contributed by atoms with Gasteiger partial charge in [-0.25, -0.2) is 18.4 Å². The van der Waals surface area contributed by atoms with Crippen molar-refractivity contribution in [1.29, 1.82) is 0 Å². The Labute approximate surface area is 247 Å². The number of amides is 1. The number of methoxy groups -OCH3 is 1. The summed E-state index contributed by atoms with van der Waals surface area (Å²) in [4.78, 5) is 32.6. The number of thioether (sulfide) groups is 1. The number of nitrogens with zero attached hydrogens (tertiary/aromatic N) is 4. The fourth-order valence-corrected chi connectivity index (χ4v) is 6.98. The average Bonchev–Trinajstić information content (AvgIpc) is 2.93. The molecule has 2 aliphatic rings. The summed E-state index contributed by atoms with van der Waals surface area (Å²) >= 11 is 1.02. The zero-order chi connectivity index (χ0) is 31.2.